The van der Waals surface area contributed by atoms with Crippen LogP contribution in [0, 0.1) is 12.7 Å². The molecule has 0 aliphatic rings. The van der Waals surface area contributed by atoms with Crippen LogP contribution in [0.4, 0.5) is 15.0 Å². The molecule has 2 amide bonds. The van der Waals surface area contributed by atoms with E-state index >= 15 is 0 Å². The molecule has 0 fully saturated rings. The Labute approximate surface area is 126 Å². The summed E-state index contributed by atoms with van der Waals surface area (Å²) in [6.07, 6.45) is 0.813. The number of rotatable bonds is 6. The summed E-state index contributed by atoms with van der Waals surface area (Å²) in [7, 11) is 0. The number of carbonyl (C=O) groups is 1. The Balaban J connectivity index is 1.59. The minimum absolute atomic E-state index is 0.235. The summed E-state index contributed by atoms with van der Waals surface area (Å²) >= 11 is 1.62. The first-order valence-electron chi connectivity index (χ1n) is 6.50. The Bertz CT molecular complexity index is 586. The molecule has 2 aromatic rings. The van der Waals surface area contributed by atoms with Crippen molar-refractivity contribution in [3.63, 3.8) is 0 Å². The predicted molar refractivity (Wildman–Crippen MR) is 80.0 cm³/mol. The minimum Gasteiger partial charge on any atom is -0.360 e. The number of aromatic nitrogens is 1. The average Bonchev–Trinajstić information content (AvgIpc) is 2.86. The molecule has 0 saturated heterocycles. The number of benzene rings is 1. The lowest BCUT2D eigenvalue weighted by Gasteiger charge is -2.05. The molecule has 21 heavy (non-hydrogen) atoms. The molecule has 0 radical (unpaired) electrons. The van der Waals surface area contributed by atoms with Crippen LogP contribution in [0.5, 0.6) is 0 Å². The Morgan fingerprint density at radius 1 is 1.38 bits per heavy atom. The Morgan fingerprint density at radius 2 is 2.14 bits per heavy atom. The van der Waals surface area contributed by atoms with Gasteiger partial charge in [0.25, 0.3) is 0 Å². The second-order valence-electron chi connectivity index (χ2n) is 4.36. The van der Waals surface area contributed by atoms with Crippen molar-refractivity contribution in [1.29, 1.82) is 0 Å². The average molecular weight is 309 g/mol. The van der Waals surface area contributed by atoms with Crippen molar-refractivity contribution in [2.45, 2.75) is 18.2 Å². The normalized spacial score (nSPS) is 10.4. The van der Waals surface area contributed by atoms with Gasteiger partial charge < -0.3 is 9.84 Å². The minimum atomic E-state index is -0.310. The Kier molecular flexibility index (Phi) is 5.62. The molecule has 112 valence electrons. The molecule has 2 rings (SSSR count). The summed E-state index contributed by atoms with van der Waals surface area (Å²) in [6, 6.07) is 7.70. The second-order valence-corrected chi connectivity index (χ2v) is 5.53. The highest BCUT2D eigenvalue weighted by atomic mass is 32.2. The van der Waals surface area contributed by atoms with Crippen LogP contribution in [0.3, 0.4) is 0 Å². The second kappa shape index (κ2) is 7.68. The number of thioether (sulfide) groups is 1. The molecule has 0 spiro atoms. The summed E-state index contributed by atoms with van der Waals surface area (Å²) < 4.78 is 17.6. The molecule has 1 aromatic carbocycles. The third-order valence-electron chi connectivity index (χ3n) is 2.56. The fourth-order valence-corrected chi connectivity index (χ4v) is 2.43. The molecule has 0 saturated carbocycles. The number of nitrogens with one attached hydrogen (secondary N) is 2. The van der Waals surface area contributed by atoms with Gasteiger partial charge in [0.2, 0.25) is 0 Å². The van der Waals surface area contributed by atoms with E-state index in [1.807, 2.05) is 0 Å². The first-order chi connectivity index (χ1) is 10.1. The van der Waals surface area contributed by atoms with Gasteiger partial charge in [-0.3, -0.25) is 5.32 Å². The zero-order chi connectivity index (χ0) is 15.1. The lowest BCUT2D eigenvalue weighted by Crippen LogP contribution is -2.29. The van der Waals surface area contributed by atoms with E-state index in [1.165, 1.54) is 12.1 Å². The number of halogens is 1. The van der Waals surface area contributed by atoms with E-state index in [2.05, 4.69) is 15.8 Å². The number of amides is 2. The van der Waals surface area contributed by atoms with Gasteiger partial charge in [-0.05, 0) is 43.4 Å². The first kappa shape index (κ1) is 15.4. The maximum absolute atomic E-state index is 12.7. The van der Waals surface area contributed by atoms with E-state index in [0.717, 1.165) is 17.1 Å². The molecule has 0 aliphatic heterocycles. The van der Waals surface area contributed by atoms with Crippen LogP contribution in [0.25, 0.3) is 0 Å². The fourth-order valence-electron chi connectivity index (χ4n) is 1.58. The predicted octanol–water partition coefficient (Wildman–Crippen LogP) is 3.43. The third-order valence-corrected chi connectivity index (χ3v) is 3.66. The highest BCUT2D eigenvalue weighted by Crippen LogP contribution is 2.18. The van der Waals surface area contributed by atoms with Crippen LogP contribution in [0.2, 0.25) is 0 Å². The summed E-state index contributed by atoms with van der Waals surface area (Å²) in [4.78, 5) is 12.6. The van der Waals surface area contributed by atoms with Crippen molar-refractivity contribution >= 4 is 23.6 Å². The number of nitrogens with zero attached hydrogens (tertiary/aromatic N) is 1. The molecule has 7 heteroatoms. The lowest BCUT2D eigenvalue weighted by atomic mass is 10.4. The lowest BCUT2D eigenvalue weighted by molar-refractivity contribution is 0.252. The van der Waals surface area contributed by atoms with Gasteiger partial charge in [0.1, 0.15) is 11.6 Å². The maximum atomic E-state index is 12.7. The summed E-state index contributed by atoms with van der Waals surface area (Å²) in [5.74, 6) is 1.64. The third kappa shape index (κ3) is 5.47. The van der Waals surface area contributed by atoms with Crippen LogP contribution in [0.1, 0.15) is 12.2 Å². The van der Waals surface area contributed by atoms with Gasteiger partial charge in [-0.1, -0.05) is 5.16 Å². The number of anilines is 1. The smallest absolute Gasteiger partial charge is 0.320 e. The molecule has 0 atom stereocenters. The number of hydrogen-bond acceptors (Lipinski definition) is 4. The largest absolute Gasteiger partial charge is 0.360 e. The number of urea groups is 1. The van der Waals surface area contributed by atoms with Crippen molar-refractivity contribution in [3.05, 3.63) is 41.9 Å². The highest BCUT2D eigenvalue weighted by Gasteiger charge is 2.04. The Morgan fingerprint density at radius 3 is 2.81 bits per heavy atom. The SMILES string of the molecule is Cc1cc(NC(=O)NCCCSc2ccc(F)cc2)no1. The van der Waals surface area contributed by atoms with Crippen molar-refractivity contribution < 1.29 is 13.7 Å². The van der Waals surface area contributed by atoms with Gasteiger partial charge in [-0.15, -0.1) is 11.8 Å². The van der Waals surface area contributed by atoms with Crippen LogP contribution >= 0.6 is 11.8 Å². The van der Waals surface area contributed by atoms with Crippen LogP contribution < -0.4 is 10.6 Å². The molecular weight excluding hydrogens is 293 g/mol. The van der Waals surface area contributed by atoms with E-state index in [-0.39, 0.29) is 11.8 Å². The van der Waals surface area contributed by atoms with Gasteiger partial charge in [0.05, 0.1) is 0 Å². The molecule has 0 aliphatic carbocycles. The molecule has 0 unspecified atom stereocenters. The fraction of sp³-hybridized carbons (Fsp3) is 0.286. The van der Waals surface area contributed by atoms with E-state index in [4.69, 9.17) is 4.52 Å². The zero-order valence-electron chi connectivity index (χ0n) is 11.6. The Hall–Kier alpha value is -2.02. The van der Waals surface area contributed by atoms with Gasteiger partial charge in [0, 0.05) is 17.5 Å². The molecule has 1 heterocycles. The standard InChI is InChI=1S/C14H16FN3O2S/c1-10-9-13(18-20-10)17-14(19)16-7-2-8-21-12-5-3-11(15)4-6-12/h3-6,9H,2,7-8H2,1H3,(H2,16,17,18,19). The highest BCUT2D eigenvalue weighted by molar-refractivity contribution is 7.99. The van der Waals surface area contributed by atoms with E-state index in [0.29, 0.717) is 18.1 Å². The van der Waals surface area contributed by atoms with Gasteiger partial charge in [-0.25, -0.2) is 9.18 Å². The summed E-state index contributed by atoms with van der Waals surface area (Å²) in [6.45, 7) is 2.31. The summed E-state index contributed by atoms with van der Waals surface area (Å²) in [5.41, 5.74) is 0. The van der Waals surface area contributed by atoms with Crippen LogP contribution in [-0.2, 0) is 0 Å². The molecule has 2 N–H and O–H groups in total. The van der Waals surface area contributed by atoms with Crippen LogP contribution in [-0.4, -0.2) is 23.5 Å². The van der Waals surface area contributed by atoms with E-state index in [9.17, 15) is 9.18 Å². The van der Waals surface area contributed by atoms with Gasteiger partial charge in [0.15, 0.2) is 5.82 Å². The number of hydrogen-bond donors (Lipinski definition) is 2. The maximum Gasteiger partial charge on any atom is 0.320 e. The van der Waals surface area contributed by atoms with Gasteiger partial charge >= 0.3 is 6.03 Å². The van der Waals surface area contributed by atoms with E-state index < -0.39 is 0 Å². The van der Waals surface area contributed by atoms with Crippen molar-refractivity contribution in [2.24, 2.45) is 0 Å². The van der Waals surface area contributed by atoms with Gasteiger partial charge in [-0.2, -0.15) is 0 Å². The van der Waals surface area contributed by atoms with Crippen LogP contribution in [0.15, 0.2) is 39.8 Å². The van der Waals surface area contributed by atoms with E-state index in [1.54, 1.807) is 36.9 Å². The number of aryl methyl sites for hydroxylation is 1. The topological polar surface area (TPSA) is 67.2 Å². The van der Waals surface area contributed by atoms with Crippen molar-refractivity contribution in [1.82, 2.24) is 10.5 Å². The molecule has 5 nitrogen and oxygen atoms in total. The molecule has 1 aromatic heterocycles. The van der Waals surface area contributed by atoms with Crippen molar-refractivity contribution in [2.75, 3.05) is 17.6 Å². The summed E-state index contributed by atoms with van der Waals surface area (Å²) in [5, 5.41) is 8.97. The van der Waals surface area contributed by atoms with Crippen molar-refractivity contribution in [3.8, 4) is 0 Å². The molecule has 0 bridgehead atoms. The quantitative estimate of drug-likeness (QED) is 0.634. The zero-order valence-corrected chi connectivity index (χ0v) is 12.4. The monoisotopic (exact) mass is 309 g/mol. The first-order valence-corrected chi connectivity index (χ1v) is 7.48. The number of carbonyl (C=O) groups excluding carboxylic acids is 1. The molecular formula is C14H16FN3O2S.